The van der Waals surface area contributed by atoms with Crippen LogP contribution in [0.2, 0.25) is 0 Å². The van der Waals surface area contributed by atoms with Crippen molar-refractivity contribution in [3.05, 3.63) is 23.3 Å². The Bertz CT molecular complexity index is 454. The summed E-state index contributed by atoms with van der Waals surface area (Å²) in [7, 11) is 3.40. The first-order valence-electron chi connectivity index (χ1n) is 8.47. The molecular formula is C19H33NO2. The van der Waals surface area contributed by atoms with E-state index in [9.17, 15) is 0 Å². The summed E-state index contributed by atoms with van der Waals surface area (Å²) in [6.07, 6.45) is 2.23. The normalized spacial score (nSPS) is 17.5. The lowest BCUT2D eigenvalue weighted by atomic mass is 9.90. The number of ether oxygens (including phenoxy) is 2. The van der Waals surface area contributed by atoms with Crippen molar-refractivity contribution in [2.24, 2.45) is 5.92 Å². The topological polar surface area (TPSA) is 21.7 Å². The first-order valence-corrected chi connectivity index (χ1v) is 8.47. The molecule has 0 aromatic heterocycles. The summed E-state index contributed by atoms with van der Waals surface area (Å²) in [5, 5.41) is 0. The molecule has 1 aromatic rings. The van der Waals surface area contributed by atoms with Gasteiger partial charge in [-0.3, -0.25) is 4.90 Å². The number of hydrogen-bond donors (Lipinski definition) is 0. The van der Waals surface area contributed by atoms with Crippen LogP contribution in [0.4, 0.5) is 0 Å². The Labute approximate surface area is 136 Å². The molecule has 0 aliphatic carbocycles. The molecule has 0 N–H and O–H groups in total. The summed E-state index contributed by atoms with van der Waals surface area (Å²) >= 11 is 0. The van der Waals surface area contributed by atoms with Crippen molar-refractivity contribution in [2.45, 2.75) is 53.5 Å². The highest BCUT2D eigenvalue weighted by atomic mass is 16.5. The van der Waals surface area contributed by atoms with E-state index in [1.54, 1.807) is 14.2 Å². The molecule has 2 rings (SSSR count). The second-order valence-electron chi connectivity index (χ2n) is 6.44. The van der Waals surface area contributed by atoms with Crippen molar-refractivity contribution in [2.75, 3.05) is 27.3 Å². The highest BCUT2D eigenvalue weighted by Gasteiger charge is 2.26. The van der Waals surface area contributed by atoms with E-state index < -0.39 is 0 Å². The monoisotopic (exact) mass is 307 g/mol. The van der Waals surface area contributed by atoms with Crippen LogP contribution in [0.3, 0.4) is 0 Å². The Morgan fingerprint density at radius 3 is 2.09 bits per heavy atom. The summed E-state index contributed by atoms with van der Waals surface area (Å²) in [4.78, 5) is 2.54. The molecule has 0 radical (unpaired) electrons. The van der Waals surface area contributed by atoms with Crippen LogP contribution >= 0.6 is 0 Å². The summed E-state index contributed by atoms with van der Waals surface area (Å²) < 4.78 is 10.8. The number of hydrogen-bond acceptors (Lipinski definition) is 3. The van der Waals surface area contributed by atoms with Gasteiger partial charge in [0.25, 0.3) is 0 Å². The SMILES string of the molecule is CC(C)C.CCC1c2cc(OC)c(OC)cc2CCN1CC. The Morgan fingerprint density at radius 1 is 1.09 bits per heavy atom. The molecule has 0 bridgehead atoms. The molecule has 0 fully saturated rings. The Morgan fingerprint density at radius 2 is 1.64 bits per heavy atom. The molecule has 0 saturated heterocycles. The standard InChI is InChI=1S/C15H23NO2.C4H10/c1-5-13-12-10-15(18-4)14(17-3)9-11(12)7-8-16(13)6-2;1-4(2)3/h9-10,13H,5-8H2,1-4H3;4H,1-3H3. The Kier molecular flexibility index (Phi) is 7.74. The largest absolute Gasteiger partial charge is 0.493 e. The van der Waals surface area contributed by atoms with E-state index in [-0.39, 0.29) is 0 Å². The highest BCUT2D eigenvalue weighted by Crippen LogP contribution is 2.39. The summed E-state index contributed by atoms with van der Waals surface area (Å²) in [6.45, 7) is 13.2. The van der Waals surface area contributed by atoms with E-state index in [2.05, 4.69) is 51.7 Å². The van der Waals surface area contributed by atoms with Gasteiger partial charge in [0.2, 0.25) is 0 Å². The maximum Gasteiger partial charge on any atom is 0.161 e. The van der Waals surface area contributed by atoms with Gasteiger partial charge in [-0.25, -0.2) is 0 Å². The molecule has 126 valence electrons. The van der Waals surface area contributed by atoms with Crippen LogP contribution in [0, 0.1) is 5.92 Å². The smallest absolute Gasteiger partial charge is 0.161 e. The lowest BCUT2D eigenvalue weighted by Gasteiger charge is -2.36. The second kappa shape index (κ2) is 9.04. The maximum absolute atomic E-state index is 5.42. The molecule has 3 nitrogen and oxygen atoms in total. The van der Waals surface area contributed by atoms with Gasteiger partial charge in [0, 0.05) is 12.6 Å². The molecule has 1 unspecified atom stereocenters. The van der Waals surface area contributed by atoms with Crippen LogP contribution < -0.4 is 9.47 Å². The molecule has 1 aromatic carbocycles. The average molecular weight is 307 g/mol. The van der Waals surface area contributed by atoms with Crippen molar-refractivity contribution in [1.82, 2.24) is 4.90 Å². The van der Waals surface area contributed by atoms with Crippen LogP contribution in [-0.2, 0) is 6.42 Å². The number of fused-ring (bicyclic) bond motifs is 1. The quantitative estimate of drug-likeness (QED) is 0.805. The molecule has 3 heteroatoms. The van der Waals surface area contributed by atoms with Crippen molar-refractivity contribution >= 4 is 0 Å². The van der Waals surface area contributed by atoms with Gasteiger partial charge in [0.05, 0.1) is 14.2 Å². The molecule has 0 spiro atoms. The minimum Gasteiger partial charge on any atom is -0.493 e. The molecule has 1 atom stereocenters. The fourth-order valence-electron chi connectivity index (χ4n) is 2.94. The van der Waals surface area contributed by atoms with E-state index in [0.717, 1.165) is 43.3 Å². The van der Waals surface area contributed by atoms with Gasteiger partial charge in [-0.2, -0.15) is 0 Å². The van der Waals surface area contributed by atoms with Crippen LogP contribution in [0.15, 0.2) is 12.1 Å². The number of benzene rings is 1. The number of methoxy groups -OCH3 is 2. The van der Waals surface area contributed by atoms with Crippen LogP contribution in [0.25, 0.3) is 0 Å². The Balaban J connectivity index is 0.000000541. The third kappa shape index (κ3) is 4.64. The fraction of sp³-hybridized carbons (Fsp3) is 0.684. The number of rotatable bonds is 4. The van der Waals surface area contributed by atoms with Gasteiger partial charge in [-0.05, 0) is 48.6 Å². The van der Waals surface area contributed by atoms with Gasteiger partial charge >= 0.3 is 0 Å². The zero-order valence-corrected chi connectivity index (χ0v) is 15.4. The van der Waals surface area contributed by atoms with Gasteiger partial charge in [0.15, 0.2) is 11.5 Å². The zero-order chi connectivity index (χ0) is 16.7. The number of nitrogens with zero attached hydrogens (tertiary/aromatic N) is 1. The van der Waals surface area contributed by atoms with Crippen LogP contribution in [-0.4, -0.2) is 32.2 Å². The molecule has 22 heavy (non-hydrogen) atoms. The summed E-state index contributed by atoms with van der Waals surface area (Å²) in [5.41, 5.74) is 2.81. The van der Waals surface area contributed by atoms with Gasteiger partial charge in [0.1, 0.15) is 0 Å². The van der Waals surface area contributed by atoms with Gasteiger partial charge in [-0.15, -0.1) is 0 Å². The van der Waals surface area contributed by atoms with E-state index in [4.69, 9.17) is 9.47 Å². The lowest BCUT2D eigenvalue weighted by Crippen LogP contribution is -2.35. The van der Waals surface area contributed by atoms with E-state index >= 15 is 0 Å². The fourth-order valence-corrected chi connectivity index (χ4v) is 2.94. The second-order valence-corrected chi connectivity index (χ2v) is 6.44. The van der Waals surface area contributed by atoms with Crippen LogP contribution in [0.1, 0.15) is 58.2 Å². The molecular weight excluding hydrogens is 274 g/mol. The van der Waals surface area contributed by atoms with Crippen molar-refractivity contribution in [3.63, 3.8) is 0 Å². The van der Waals surface area contributed by atoms with E-state index in [1.807, 2.05) is 0 Å². The minimum atomic E-state index is 0.513. The first-order chi connectivity index (χ1) is 10.5. The molecule has 0 amide bonds. The predicted octanol–water partition coefficient (Wildman–Crippen LogP) is 4.70. The predicted molar refractivity (Wildman–Crippen MR) is 94.0 cm³/mol. The van der Waals surface area contributed by atoms with Crippen molar-refractivity contribution in [1.29, 1.82) is 0 Å². The maximum atomic E-state index is 5.42. The van der Waals surface area contributed by atoms with Gasteiger partial charge in [-0.1, -0.05) is 34.6 Å². The van der Waals surface area contributed by atoms with Gasteiger partial charge < -0.3 is 9.47 Å². The third-order valence-electron chi connectivity index (χ3n) is 3.91. The van der Waals surface area contributed by atoms with Crippen LogP contribution in [0.5, 0.6) is 11.5 Å². The average Bonchev–Trinajstić information content (AvgIpc) is 2.51. The Hall–Kier alpha value is -1.22. The molecule has 1 aliphatic heterocycles. The molecule has 1 aliphatic rings. The summed E-state index contributed by atoms with van der Waals surface area (Å²) in [6, 6.07) is 4.81. The van der Waals surface area contributed by atoms with E-state index in [1.165, 1.54) is 11.1 Å². The molecule has 0 saturated carbocycles. The minimum absolute atomic E-state index is 0.513. The van der Waals surface area contributed by atoms with Crippen molar-refractivity contribution < 1.29 is 9.47 Å². The highest BCUT2D eigenvalue weighted by molar-refractivity contribution is 5.49. The van der Waals surface area contributed by atoms with E-state index in [0.29, 0.717) is 6.04 Å². The first kappa shape index (κ1) is 18.8. The van der Waals surface area contributed by atoms with Crippen molar-refractivity contribution in [3.8, 4) is 11.5 Å². The zero-order valence-electron chi connectivity index (χ0n) is 15.4. The molecule has 1 heterocycles. The lowest BCUT2D eigenvalue weighted by molar-refractivity contribution is 0.189. The third-order valence-corrected chi connectivity index (χ3v) is 3.91. The number of likely N-dealkylation sites (N-methyl/N-ethyl adjacent to an activating group) is 1. The summed E-state index contributed by atoms with van der Waals surface area (Å²) in [5.74, 6) is 2.52.